The minimum absolute atomic E-state index is 0.00742. The van der Waals surface area contributed by atoms with Crippen molar-refractivity contribution in [2.24, 2.45) is 0 Å². The third-order valence-electron chi connectivity index (χ3n) is 4.40. The van der Waals surface area contributed by atoms with Crippen LogP contribution in [0.25, 0.3) is 12.3 Å². The number of fused-ring (bicyclic) bond motifs is 1. The molecule has 1 aromatic heterocycles. The molecular weight excluding hydrogens is 346 g/mol. The molecule has 0 fully saturated rings. The van der Waals surface area contributed by atoms with Gasteiger partial charge in [0.1, 0.15) is 11.6 Å². The van der Waals surface area contributed by atoms with Crippen molar-refractivity contribution >= 4 is 18.1 Å². The van der Waals surface area contributed by atoms with Gasteiger partial charge in [-0.05, 0) is 31.1 Å². The van der Waals surface area contributed by atoms with Gasteiger partial charge in [-0.15, -0.1) is 0 Å². The summed E-state index contributed by atoms with van der Waals surface area (Å²) < 4.78 is 27.1. The van der Waals surface area contributed by atoms with Crippen molar-refractivity contribution in [2.75, 3.05) is 11.9 Å². The van der Waals surface area contributed by atoms with Crippen LogP contribution in [0.1, 0.15) is 37.2 Å². The maximum absolute atomic E-state index is 13.6. The SMILES string of the molecule is C=C1C=c2nc(C)nc(NCc3cccc(C(C)(F)F)c3)c2=CN1CCC. The Hall–Kier alpha value is -2.76. The highest BCUT2D eigenvalue weighted by Crippen LogP contribution is 2.27. The highest BCUT2D eigenvalue weighted by molar-refractivity contribution is 5.56. The van der Waals surface area contributed by atoms with Gasteiger partial charge in [0.05, 0.1) is 10.6 Å². The molecule has 2 heterocycles. The number of allylic oxidation sites excluding steroid dienone is 1. The van der Waals surface area contributed by atoms with Crippen LogP contribution in [0.2, 0.25) is 0 Å². The summed E-state index contributed by atoms with van der Waals surface area (Å²) in [5, 5.41) is 4.99. The Morgan fingerprint density at radius 2 is 2.04 bits per heavy atom. The first-order valence-electron chi connectivity index (χ1n) is 9.03. The molecule has 27 heavy (non-hydrogen) atoms. The third-order valence-corrected chi connectivity index (χ3v) is 4.40. The molecule has 0 saturated carbocycles. The zero-order valence-electron chi connectivity index (χ0n) is 15.9. The fraction of sp³-hybridized carbons (Fsp3) is 0.333. The maximum Gasteiger partial charge on any atom is 0.270 e. The van der Waals surface area contributed by atoms with E-state index >= 15 is 0 Å². The molecule has 1 aromatic carbocycles. The number of rotatable bonds is 6. The van der Waals surface area contributed by atoms with Crippen LogP contribution in [0.3, 0.4) is 0 Å². The molecular formula is C21H24F2N4. The van der Waals surface area contributed by atoms with E-state index in [-0.39, 0.29) is 5.56 Å². The topological polar surface area (TPSA) is 41.1 Å². The van der Waals surface area contributed by atoms with Gasteiger partial charge in [0, 0.05) is 37.5 Å². The van der Waals surface area contributed by atoms with E-state index in [1.807, 2.05) is 25.3 Å². The van der Waals surface area contributed by atoms with Gasteiger partial charge in [-0.3, -0.25) is 0 Å². The average Bonchev–Trinajstić information content (AvgIpc) is 2.60. The molecule has 1 aliphatic heterocycles. The number of halogens is 2. The number of benzene rings is 1. The molecule has 0 atom stereocenters. The Morgan fingerprint density at radius 3 is 2.74 bits per heavy atom. The van der Waals surface area contributed by atoms with Gasteiger partial charge < -0.3 is 10.2 Å². The van der Waals surface area contributed by atoms with Crippen LogP contribution in [0.15, 0.2) is 36.5 Å². The van der Waals surface area contributed by atoms with Crippen molar-refractivity contribution in [3.63, 3.8) is 0 Å². The molecule has 2 aromatic rings. The lowest BCUT2D eigenvalue weighted by molar-refractivity contribution is 0.0174. The maximum atomic E-state index is 13.6. The minimum Gasteiger partial charge on any atom is -0.365 e. The van der Waals surface area contributed by atoms with Crippen molar-refractivity contribution < 1.29 is 8.78 Å². The molecule has 1 N–H and O–H groups in total. The van der Waals surface area contributed by atoms with Gasteiger partial charge in [0.25, 0.3) is 5.92 Å². The van der Waals surface area contributed by atoms with E-state index in [1.54, 1.807) is 6.07 Å². The normalized spacial score (nSPS) is 13.7. The summed E-state index contributed by atoms with van der Waals surface area (Å²) in [5.74, 6) is -1.52. The third kappa shape index (κ3) is 4.32. The van der Waals surface area contributed by atoms with E-state index in [0.717, 1.165) is 41.7 Å². The Bertz CT molecular complexity index is 977. The van der Waals surface area contributed by atoms with Gasteiger partial charge in [0.15, 0.2) is 0 Å². The molecule has 6 heteroatoms. The summed E-state index contributed by atoms with van der Waals surface area (Å²) in [6.07, 6.45) is 4.94. The molecule has 0 bridgehead atoms. The van der Waals surface area contributed by atoms with E-state index in [1.165, 1.54) is 12.1 Å². The Kier molecular flexibility index (Phi) is 5.26. The molecule has 0 aliphatic carbocycles. The number of anilines is 1. The molecule has 4 nitrogen and oxygen atoms in total. The van der Waals surface area contributed by atoms with Crippen molar-refractivity contribution in [2.45, 2.75) is 39.7 Å². The van der Waals surface area contributed by atoms with Gasteiger partial charge >= 0.3 is 0 Å². The summed E-state index contributed by atoms with van der Waals surface area (Å²) in [4.78, 5) is 11.1. The van der Waals surface area contributed by atoms with E-state index in [0.29, 0.717) is 18.2 Å². The lowest BCUT2D eigenvalue weighted by Crippen LogP contribution is -2.39. The lowest BCUT2D eigenvalue weighted by atomic mass is 10.1. The molecule has 0 amide bonds. The highest BCUT2D eigenvalue weighted by atomic mass is 19.3. The first-order chi connectivity index (χ1) is 12.8. The molecule has 3 rings (SSSR count). The van der Waals surface area contributed by atoms with Crippen LogP contribution < -0.4 is 15.9 Å². The van der Waals surface area contributed by atoms with Gasteiger partial charge in [0.2, 0.25) is 0 Å². The second-order valence-corrected chi connectivity index (χ2v) is 6.82. The number of hydrogen-bond acceptors (Lipinski definition) is 4. The highest BCUT2D eigenvalue weighted by Gasteiger charge is 2.24. The molecule has 0 spiro atoms. The standard InChI is InChI=1S/C21H24F2N4/c1-5-9-27-13-18-19(10-14(27)2)25-15(3)26-20(18)24-12-16-7-6-8-17(11-16)21(4,22)23/h6-8,10-11,13H,2,5,9,12H2,1,3-4H3,(H,24,25,26). The van der Waals surface area contributed by atoms with Crippen LogP contribution in [0.5, 0.6) is 0 Å². The van der Waals surface area contributed by atoms with E-state index in [9.17, 15) is 8.78 Å². The number of aryl methyl sites for hydroxylation is 1. The monoisotopic (exact) mass is 370 g/mol. The smallest absolute Gasteiger partial charge is 0.270 e. The van der Waals surface area contributed by atoms with E-state index < -0.39 is 5.92 Å². The fourth-order valence-corrected chi connectivity index (χ4v) is 3.04. The molecule has 0 radical (unpaired) electrons. The Labute approximate surface area is 158 Å². The van der Waals surface area contributed by atoms with E-state index in [2.05, 4.69) is 33.7 Å². The van der Waals surface area contributed by atoms with Gasteiger partial charge in [-0.2, -0.15) is 0 Å². The predicted molar refractivity (Wildman–Crippen MR) is 104 cm³/mol. The van der Waals surface area contributed by atoms with Crippen LogP contribution in [-0.2, 0) is 12.5 Å². The van der Waals surface area contributed by atoms with Crippen molar-refractivity contribution in [3.05, 3.63) is 64.1 Å². The number of hydrogen-bond donors (Lipinski definition) is 1. The summed E-state index contributed by atoms with van der Waals surface area (Å²) >= 11 is 0. The first-order valence-corrected chi connectivity index (χ1v) is 9.03. The summed E-state index contributed by atoms with van der Waals surface area (Å²) in [6, 6.07) is 6.44. The quantitative estimate of drug-likeness (QED) is 0.847. The van der Waals surface area contributed by atoms with Crippen LogP contribution >= 0.6 is 0 Å². The molecule has 0 unspecified atom stereocenters. The number of alkyl halides is 2. The van der Waals surface area contributed by atoms with E-state index in [4.69, 9.17) is 0 Å². The zero-order valence-corrected chi connectivity index (χ0v) is 15.9. The zero-order chi connectivity index (χ0) is 19.6. The number of nitrogens with one attached hydrogen (secondary N) is 1. The number of nitrogens with zero attached hydrogens (tertiary/aromatic N) is 3. The molecule has 0 saturated heterocycles. The minimum atomic E-state index is -2.86. The Balaban J connectivity index is 1.92. The van der Waals surface area contributed by atoms with Crippen LogP contribution in [-0.4, -0.2) is 21.4 Å². The largest absolute Gasteiger partial charge is 0.365 e. The average molecular weight is 370 g/mol. The Morgan fingerprint density at radius 1 is 1.26 bits per heavy atom. The number of aromatic nitrogens is 2. The van der Waals surface area contributed by atoms with Gasteiger partial charge in [-0.1, -0.05) is 31.7 Å². The van der Waals surface area contributed by atoms with Gasteiger partial charge in [-0.25, -0.2) is 18.7 Å². The van der Waals surface area contributed by atoms with Crippen molar-refractivity contribution in [1.29, 1.82) is 0 Å². The summed E-state index contributed by atoms with van der Waals surface area (Å²) in [7, 11) is 0. The second-order valence-electron chi connectivity index (χ2n) is 6.82. The lowest BCUT2D eigenvalue weighted by Gasteiger charge is -2.23. The van der Waals surface area contributed by atoms with Crippen molar-refractivity contribution in [1.82, 2.24) is 14.9 Å². The molecule has 142 valence electrons. The first kappa shape index (κ1) is 19.0. The summed E-state index contributed by atoms with van der Waals surface area (Å²) in [6.45, 7) is 10.2. The van der Waals surface area contributed by atoms with Crippen LogP contribution in [0.4, 0.5) is 14.6 Å². The molecule has 1 aliphatic rings. The predicted octanol–water partition coefficient (Wildman–Crippen LogP) is 3.27. The van der Waals surface area contributed by atoms with Crippen molar-refractivity contribution in [3.8, 4) is 0 Å². The summed E-state index contributed by atoms with van der Waals surface area (Å²) in [5.41, 5.74) is 1.67. The second kappa shape index (κ2) is 7.47. The van der Waals surface area contributed by atoms with Crippen LogP contribution in [0, 0.1) is 6.92 Å². The fourth-order valence-electron chi connectivity index (χ4n) is 3.04.